The van der Waals surface area contributed by atoms with Crippen LogP contribution in [0, 0.1) is 10.1 Å². The molecule has 1 atom stereocenters. The van der Waals surface area contributed by atoms with Gasteiger partial charge in [-0.15, -0.1) is 0 Å². The van der Waals surface area contributed by atoms with Gasteiger partial charge in [0.05, 0.1) is 16.4 Å². The van der Waals surface area contributed by atoms with E-state index in [2.05, 4.69) is 4.72 Å². The second-order valence-corrected chi connectivity index (χ2v) is 7.47. The average molecular weight is 364 g/mol. The Kier molecular flexibility index (Phi) is 4.46. The third-order valence-electron chi connectivity index (χ3n) is 4.07. The minimum Gasteiger partial charge on any atom is -0.493 e. The Hall–Kier alpha value is -2.49. The van der Waals surface area contributed by atoms with E-state index in [4.69, 9.17) is 4.74 Å². The zero-order chi connectivity index (χ0) is 18.1. The Morgan fingerprint density at radius 1 is 1.20 bits per heavy atom. The van der Waals surface area contributed by atoms with Crippen molar-refractivity contribution in [2.45, 2.75) is 16.9 Å². The number of nitro groups is 1. The van der Waals surface area contributed by atoms with Gasteiger partial charge in [-0.2, -0.15) is 0 Å². The molecule has 0 aliphatic carbocycles. The molecule has 0 saturated heterocycles. The number of benzene rings is 2. The first-order valence-corrected chi connectivity index (χ1v) is 8.99. The fourth-order valence-corrected chi connectivity index (χ4v) is 3.76. The van der Waals surface area contributed by atoms with Crippen LogP contribution >= 0.6 is 0 Å². The monoisotopic (exact) mass is 364 g/mol. The highest BCUT2D eigenvalue weighted by Crippen LogP contribution is 2.36. The summed E-state index contributed by atoms with van der Waals surface area (Å²) >= 11 is 0. The summed E-state index contributed by atoms with van der Waals surface area (Å²) in [5.41, 5.74) is -1.06. The lowest BCUT2D eigenvalue weighted by molar-refractivity contribution is -0.384. The van der Waals surface area contributed by atoms with Crippen LogP contribution in [-0.2, 0) is 15.6 Å². The van der Waals surface area contributed by atoms with Crippen molar-refractivity contribution in [3.8, 4) is 5.75 Å². The van der Waals surface area contributed by atoms with Crippen LogP contribution in [0.1, 0.15) is 12.0 Å². The number of nitro benzene ring substituents is 1. The highest BCUT2D eigenvalue weighted by molar-refractivity contribution is 7.89. The van der Waals surface area contributed by atoms with Gasteiger partial charge in [-0.3, -0.25) is 10.1 Å². The summed E-state index contributed by atoms with van der Waals surface area (Å²) in [7, 11) is -3.92. The van der Waals surface area contributed by atoms with E-state index < -0.39 is 20.5 Å². The van der Waals surface area contributed by atoms with Crippen LogP contribution < -0.4 is 9.46 Å². The maximum absolute atomic E-state index is 12.4. The summed E-state index contributed by atoms with van der Waals surface area (Å²) in [6.45, 7) is 0.0411. The van der Waals surface area contributed by atoms with Gasteiger partial charge in [0.1, 0.15) is 11.4 Å². The summed E-state index contributed by atoms with van der Waals surface area (Å²) in [5, 5.41) is 21.5. The van der Waals surface area contributed by atoms with Crippen LogP contribution in [0.25, 0.3) is 0 Å². The molecule has 1 aliphatic rings. The first kappa shape index (κ1) is 17.3. The molecule has 0 saturated carbocycles. The number of hydrogen-bond donors (Lipinski definition) is 2. The molecule has 1 aliphatic heterocycles. The first-order valence-electron chi connectivity index (χ1n) is 7.51. The van der Waals surface area contributed by atoms with E-state index in [0.29, 0.717) is 11.3 Å². The van der Waals surface area contributed by atoms with Crippen LogP contribution in [0.4, 0.5) is 5.69 Å². The first-order chi connectivity index (χ1) is 11.8. The van der Waals surface area contributed by atoms with Gasteiger partial charge in [0.15, 0.2) is 0 Å². The van der Waals surface area contributed by atoms with E-state index >= 15 is 0 Å². The molecular formula is C16H16N2O6S. The molecule has 132 valence electrons. The number of aliphatic hydroxyl groups is 1. The van der Waals surface area contributed by atoms with Crippen molar-refractivity contribution in [1.82, 2.24) is 4.72 Å². The number of non-ortho nitro benzene ring substituents is 1. The van der Waals surface area contributed by atoms with E-state index in [1.165, 1.54) is 0 Å². The van der Waals surface area contributed by atoms with Crippen LogP contribution in [0.2, 0.25) is 0 Å². The van der Waals surface area contributed by atoms with Gasteiger partial charge in [-0.1, -0.05) is 18.2 Å². The Labute approximate surface area is 144 Å². The van der Waals surface area contributed by atoms with E-state index in [0.717, 1.165) is 24.3 Å². The third kappa shape index (κ3) is 3.48. The minimum absolute atomic E-state index is 0.109. The summed E-state index contributed by atoms with van der Waals surface area (Å²) in [6, 6.07) is 11.5. The number of nitrogens with zero attached hydrogens (tertiary/aromatic N) is 1. The molecule has 0 amide bonds. The molecule has 2 N–H and O–H groups in total. The van der Waals surface area contributed by atoms with Crippen molar-refractivity contribution in [3.63, 3.8) is 0 Å². The van der Waals surface area contributed by atoms with Gasteiger partial charge in [-0.05, 0) is 18.2 Å². The fourth-order valence-electron chi connectivity index (χ4n) is 2.67. The number of ether oxygens (including phenoxy) is 1. The molecule has 1 heterocycles. The summed E-state index contributed by atoms with van der Waals surface area (Å²) < 4.78 is 32.6. The van der Waals surface area contributed by atoms with E-state index in [1.807, 2.05) is 0 Å². The number of fused-ring (bicyclic) bond motifs is 1. The highest BCUT2D eigenvalue weighted by atomic mass is 32.2. The van der Waals surface area contributed by atoms with Gasteiger partial charge in [0, 0.05) is 30.7 Å². The second kappa shape index (κ2) is 6.43. The molecule has 0 fully saturated rings. The Balaban J connectivity index is 1.80. The Morgan fingerprint density at radius 3 is 2.56 bits per heavy atom. The van der Waals surface area contributed by atoms with Gasteiger partial charge in [-0.25, -0.2) is 13.1 Å². The lowest BCUT2D eigenvalue weighted by Crippen LogP contribution is -2.43. The standard InChI is InChI=1S/C16H16N2O6S/c19-16(9-10-24-15-4-2-1-3-14(15)16)11-17-25(22,23)13-7-5-12(6-8-13)18(20)21/h1-8,17,19H,9-11H2. The molecule has 2 aromatic carbocycles. The largest absolute Gasteiger partial charge is 0.493 e. The molecule has 0 bridgehead atoms. The molecule has 25 heavy (non-hydrogen) atoms. The molecule has 0 radical (unpaired) electrons. The van der Waals surface area contributed by atoms with Crippen LogP contribution in [0.3, 0.4) is 0 Å². The molecule has 8 nitrogen and oxygen atoms in total. The van der Waals surface area contributed by atoms with Crippen molar-refractivity contribution < 1.29 is 23.2 Å². The highest BCUT2D eigenvalue weighted by Gasteiger charge is 2.36. The molecule has 2 aromatic rings. The third-order valence-corrected chi connectivity index (χ3v) is 5.49. The number of nitrogens with one attached hydrogen (secondary N) is 1. The number of sulfonamides is 1. The number of rotatable bonds is 5. The Bertz CT molecular complexity index is 897. The SMILES string of the molecule is O=[N+]([O-])c1ccc(S(=O)(=O)NCC2(O)CCOc3ccccc32)cc1. The molecule has 3 rings (SSSR count). The van der Waals surface area contributed by atoms with Crippen LogP contribution in [0.15, 0.2) is 53.4 Å². The van der Waals surface area contributed by atoms with E-state index in [-0.39, 0.29) is 30.2 Å². The maximum Gasteiger partial charge on any atom is 0.269 e. The summed E-state index contributed by atoms with van der Waals surface area (Å²) in [4.78, 5) is 9.93. The van der Waals surface area contributed by atoms with Crippen molar-refractivity contribution in [3.05, 3.63) is 64.2 Å². The minimum atomic E-state index is -3.92. The summed E-state index contributed by atoms with van der Waals surface area (Å²) in [6.07, 6.45) is 0.243. The van der Waals surface area contributed by atoms with E-state index in [9.17, 15) is 23.6 Å². The normalized spacial score (nSPS) is 19.7. The fraction of sp³-hybridized carbons (Fsp3) is 0.250. The smallest absolute Gasteiger partial charge is 0.269 e. The van der Waals surface area contributed by atoms with Crippen LogP contribution in [-0.4, -0.2) is 31.6 Å². The molecular weight excluding hydrogens is 348 g/mol. The van der Waals surface area contributed by atoms with Crippen molar-refractivity contribution in [1.29, 1.82) is 0 Å². The van der Waals surface area contributed by atoms with Crippen LogP contribution in [0.5, 0.6) is 5.75 Å². The van der Waals surface area contributed by atoms with Gasteiger partial charge >= 0.3 is 0 Å². The predicted molar refractivity (Wildman–Crippen MR) is 88.7 cm³/mol. The number of para-hydroxylation sites is 1. The summed E-state index contributed by atoms with van der Waals surface area (Å²) in [5.74, 6) is 0.519. The lowest BCUT2D eigenvalue weighted by Gasteiger charge is -2.34. The van der Waals surface area contributed by atoms with Gasteiger partial charge in [0.25, 0.3) is 5.69 Å². The van der Waals surface area contributed by atoms with Crippen molar-refractivity contribution >= 4 is 15.7 Å². The molecule has 0 aromatic heterocycles. The predicted octanol–water partition coefficient (Wildman–Crippen LogP) is 1.54. The second-order valence-electron chi connectivity index (χ2n) is 5.70. The van der Waals surface area contributed by atoms with Gasteiger partial charge < -0.3 is 9.84 Å². The molecule has 1 unspecified atom stereocenters. The van der Waals surface area contributed by atoms with Gasteiger partial charge in [0.2, 0.25) is 10.0 Å². The average Bonchev–Trinajstić information content (AvgIpc) is 2.61. The molecule has 0 spiro atoms. The van der Waals surface area contributed by atoms with E-state index in [1.54, 1.807) is 24.3 Å². The lowest BCUT2D eigenvalue weighted by atomic mass is 9.88. The zero-order valence-electron chi connectivity index (χ0n) is 13.1. The Morgan fingerprint density at radius 2 is 1.88 bits per heavy atom. The molecule has 9 heteroatoms. The topological polar surface area (TPSA) is 119 Å². The maximum atomic E-state index is 12.4. The zero-order valence-corrected chi connectivity index (χ0v) is 13.9. The quantitative estimate of drug-likeness (QED) is 0.614. The van der Waals surface area contributed by atoms with Crippen molar-refractivity contribution in [2.75, 3.05) is 13.2 Å². The number of hydrogen-bond acceptors (Lipinski definition) is 6. The van der Waals surface area contributed by atoms with Crippen molar-refractivity contribution in [2.24, 2.45) is 0 Å².